The Labute approximate surface area is 128 Å². The Morgan fingerprint density at radius 2 is 2.27 bits per heavy atom. The summed E-state index contributed by atoms with van der Waals surface area (Å²) in [4.78, 5) is 25.0. The SMILES string of the molecule is COc1ccc(C2N(C=O)CC34CC(=O)C=CC23C4)cc1O. The molecule has 1 aliphatic heterocycles. The molecule has 1 saturated heterocycles. The molecule has 3 atom stereocenters. The number of piperidine rings is 1. The Kier molecular flexibility index (Phi) is 2.50. The summed E-state index contributed by atoms with van der Waals surface area (Å²) in [5.74, 6) is 0.613. The largest absolute Gasteiger partial charge is 0.504 e. The molecule has 1 saturated carbocycles. The van der Waals surface area contributed by atoms with Gasteiger partial charge in [-0.1, -0.05) is 12.1 Å². The number of allylic oxidation sites excluding steroid dienone is 1. The summed E-state index contributed by atoms with van der Waals surface area (Å²) in [5, 5.41) is 10.0. The van der Waals surface area contributed by atoms with Crippen LogP contribution in [0.2, 0.25) is 0 Å². The van der Waals surface area contributed by atoms with Crippen LogP contribution < -0.4 is 4.74 Å². The van der Waals surface area contributed by atoms with Crippen molar-refractivity contribution >= 4 is 12.2 Å². The van der Waals surface area contributed by atoms with E-state index < -0.39 is 0 Å². The van der Waals surface area contributed by atoms with Gasteiger partial charge in [0.1, 0.15) is 0 Å². The highest BCUT2D eigenvalue weighted by Crippen LogP contribution is 2.78. The van der Waals surface area contributed by atoms with Gasteiger partial charge < -0.3 is 14.7 Å². The van der Waals surface area contributed by atoms with E-state index in [0.29, 0.717) is 18.7 Å². The van der Waals surface area contributed by atoms with E-state index in [1.54, 1.807) is 23.1 Å². The van der Waals surface area contributed by atoms with E-state index in [1.165, 1.54) is 7.11 Å². The van der Waals surface area contributed by atoms with Gasteiger partial charge in [-0.15, -0.1) is 0 Å². The van der Waals surface area contributed by atoms with Crippen LogP contribution in [0.5, 0.6) is 11.5 Å². The number of rotatable bonds is 3. The predicted octanol–water partition coefficient (Wildman–Crippen LogP) is 1.82. The third kappa shape index (κ3) is 1.48. The average Bonchev–Trinajstić information content (AvgIpc) is 3.06. The van der Waals surface area contributed by atoms with Crippen molar-refractivity contribution < 1.29 is 19.4 Å². The molecule has 22 heavy (non-hydrogen) atoms. The highest BCUT2D eigenvalue weighted by Gasteiger charge is 2.76. The van der Waals surface area contributed by atoms with Crippen molar-refractivity contribution in [1.29, 1.82) is 0 Å². The second kappa shape index (κ2) is 4.12. The number of amides is 1. The van der Waals surface area contributed by atoms with Crippen LogP contribution >= 0.6 is 0 Å². The van der Waals surface area contributed by atoms with Gasteiger partial charge in [-0.05, 0) is 30.2 Å². The molecule has 2 fully saturated rings. The molecule has 114 valence electrons. The first-order chi connectivity index (χ1) is 10.5. The monoisotopic (exact) mass is 299 g/mol. The van der Waals surface area contributed by atoms with Crippen LogP contribution in [0.3, 0.4) is 0 Å². The van der Waals surface area contributed by atoms with E-state index in [9.17, 15) is 14.7 Å². The minimum absolute atomic E-state index is 0.0660. The van der Waals surface area contributed by atoms with Gasteiger partial charge in [0.25, 0.3) is 0 Å². The van der Waals surface area contributed by atoms with Gasteiger partial charge in [-0.2, -0.15) is 0 Å². The lowest BCUT2D eigenvalue weighted by Gasteiger charge is -2.28. The topological polar surface area (TPSA) is 66.8 Å². The molecule has 4 rings (SSSR count). The first-order valence-corrected chi connectivity index (χ1v) is 7.35. The van der Waals surface area contributed by atoms with Crippen molar-refractivity contribution in [3.8, 4) is 11.5 Å². The zero-order chi connectivity index (χ0) is 15.5. The number of ether oxygens (including phenoxy) is 1. The van der Waals surface area contributed by atoms with Crippen molar-refractivity contribution in [3.05, 3.63) is 35.9 Å². The number of phenolic OH excluding ortho intramolecular Hbond substituents is 1. The lowest BCUT2D eigenvalue weighted by Crippen LogP contribution is -2.28. The first-order valence-electron chi connectivity index (χ1n) is 7.35. The standard InChI is InChI=1S/C17H17NO4/c1-22-14-3-2-11(6-13(14)21)15-17-5-4-12(20)7-16(17,8-17)9-18(15)10-19/h2-6,10,15,21H,7-9H2,1H3. The predicted molar refractivity (Wildman–Crippen MR) is 78.4 cm³/mol. The summed E-state index contributed by atoms with van der Waals surface area (Å²) in [6.07, 6.45) is 5.91. The molecular formula is C17H17NO4. The summed E-state index contributed by atoms with van der Waals surface area (Å²) < 4.78 is 5.08. The van der Waals surface area contributed by atoms with E-state index in [-0.39, 0.29) is 28.4 Å². The van der Waals surface area contributed by atoms with E-state index in [1.807, 2.05) is 12.1 Å². The van der Waals surface area contributed by atoms with E-state index in [2.05, 4.69) is 0 Å². The van der Waals surface area contributed by atoms with Crippen molar-refractivity contribution in [2.45, 2.75) is 18.9 Å². The van der Waals surface area contributed by atoms with Gasteiger partial charge in [-0.25, -0.2) is 0 Å². The third-order valence-electron chi connectivity index (χ3n) is 5.53. The molecule has 5 nitrogen and oxygen atoms in total. The maximum absolute atomic E-state index is 11.8. The zero-order valence-electron chi connectivity index (χ0n) is 12.3. The number of nitrogens with zero attached hydrogens (tertiary/aromatic N) is 1. The smallest absolute Gasteiger partial charge is 0.210 e. The molecule has 1 aromatic rings. The molecule has 1 amide bonds. The number of phenols is 1. The quantitative estimate of drug-likeness (QED) is 0.865. The minimum Gasteiger partial charge on any atom is -0.504 e. The van der Waals surface area contributed by atoms with Crippen LogP contribution in [-0.2, 0) is 9.59 Å². The highest BCUT2D eigenvalue weighted by molar-refractivity contribution is 5.93. The number of hydrogen-bond acceptors (Lipinski definition) is 4. The molecular weight excluding hydrogens is 282 g/mol. The van der Waals surface area contributed by atoms with Crippen molar-refractivity contribution in [2.24, 2.45) is 10.8 Å². The van der Waals surface area contributed by atoms with Gasteiger partial charge in [-0.3, -0.25) is 9.59 Å². The zero-order valence-corrected chi connectivity index (χ0v) is 12.3. The summed E-state index contributed by atoms with van der Waals surface area (Å²) in [6, 6.07) is 5.12. The maximum Gasteiger partial charge on any atom is 0.210 e. The van der Waals surface area contributed by atoms with E-state index >= 15 is 0 Å². The molecule has 0 spiro atoms. The fourth-order valence-electron chi connectivity index (χ4n) is 4.55. The number of carbonyl (C=O) groups excluding carboxylic acids is 2. The molecule has 0 aromatic heterocycles. The summed E-state index contributed by atoms with van der Waals surface area (Å²) in [5.41, 5.74) is 0.603. The summed E-state index contributed by atoms with van der Waals surface area (Å²) in [7, 11) is 1.50. The van der Waals surface area contributed by atoms with Crippen molar-refractivity contribution in [1.82, 2.24) is 4.90 Å². The van der Waals surface area contributed by atoms with Crippen LogP contribution in [0.25, 0.3) is 0 Å². The summed E-state index contributed by atoms with van der Waals surface area (Å²) in [6.45, 7) is 0.601. The molecule has 0 radical (unpaired) electrons. The Hall–Kier alpha value is -2.30. The van der Waals surface area contributed by atoms with E-state index in [0.717, 1.165) is 18.4 Å². The number of ketones is 1. The highest BCUT2D eigenvalue weighted by atomic mass is 16.5. The molecule has 2 aliphatic carbocycles. The van der Waals surface area contributed by atoms with Crippen molar-refractivity contribution in [2.75, 3.05) is 13.7 Å². The minimum atomic E-state index is -0.164. The van der Waals surface area contributed by atoms with Gasteiger partial charge in [0.2, 0.25) is 6.41 Å². The fourth-order valence-corrected chi connectivity index (χ4v) is 4.55. The van der Waals surface area contributed by atoms with Crippen LogP contribution in [0.15, 0.2) is 30.4 Å². The summed E-state index contributed by atoms with van der Waals surface area (Å²) >= 11 is 0. The Morgan fingerprint density at radius 3 is 2.95 bits per heavy atom. The van der Waals surface area contributed by atoms with Crippen LogP contribution in [-0.4, -0.2) is 35.9 Å². The Morgan fingerprint density at radius 1 is 1.45 bits per heavy atom. The van der Waals surface area contributed by atoms with Crippen LogP contribution in [0, 0.1) is 10.8 Å². The molecule has 1 N–H and O–H groups in total. The molecule has 3 unspecified atom stereocenters. The number of benzene rings is 1. The van der Waals surface area contributed by atoms with Crippen LogP contribution in [0.4, 0.5) is 0 Å². The van der Waals surface area contributed by atoms with Gasteiger partial charge in [0, 0.05) is 23.8 Å². The average molecular weight is 299 g/mol. The molecule has 3 aliphatic rings. The number of methoxy groups -OCH3 is 1. The third-order valence-corrected chi connectivity index (χ3v) is 5.53. The lowest BCUT2D eigenvalue weighted by molar-refractivity contribution is -0.120. The number of hydrogen-bond donors (Lipinski definition) is 1. The normalized spacial score (nSPS) is 35.0. The Balaban J connectivity index is 1.80. The second-order valence-corrected chi connectivity index (χ2v) is 6.59. The number of aromatic hydroxyl groups is 1. The van der Waals surface area contributed by atoms with Crippen LogP contribution in [0.1, 0.15) is 24.4 Å². The van der Waals surface area contributed by atoms with E-state index in [4.69, 9.17) is 4.74 Å². The number of carbonyl (C=O) groups is 2. The molecule has 1 heterocycles. The van der Waals surface area contributed by atoms with Gasteiger partial charge in [0.05, 0.1) is 13.2 Å². The second-order valence-electron chi connectivity index (χ2n) is 6.59. The van der Waals surface area contributed by atoms with Gasteiger partial charge in [0.15, 0.2) is 17.3 Å². The first kappa shape index (κ1) is 13.4. The maximum atomic E-state index is 11.8. The van der Waals surface area contributed by atoms with Gasteiger partial charge >= 0.3 is 0 Å². The number of likely N-dealkylation sites (tertiary alicyclic amines) is 1. The Bertz CT molecular complexity index is 713. The molecule has 1 aromatic carbocycles. The lowest BCUT2D eigenvalue weighted by atomic mass is 9.80. The molecule has 0 bridgehead atoms. The van der Waals surface area contributed by atoms with Crippen molar-refractivity contribution in [3.63, 3.8) is 0 Å². The molecule has 5 heteroatoms. The fraction of sp³-hybridized carbons (Fsp3) is 0.412.